The van der Waals surface area contributed by atoms with Crippen LogP contribution in [0.3, 0.4) is 0 Å². The van der Waals surface area contributed by atoms with Crippen molar-refractivity contribution in [3.8, 4) is 5.75 Å². The summed E-state index contributed by atoms with van der Waals surface area (Å²) in [5, 5.41) is 3.58. The van der Waals surface area contributed by atoms with Gasteiger partial charge in [-0.25, -0.2) is 4.79 Å². The van der Waals surface area contributed by atoms with Crippen molar-refractivity contribution in [2.24, 2.45) is 0 Å². The van der Waals surface area contributed by atoms with E-state index < -0.39 is 5.63 Å². The molecule has 5 heteroatoms. The number of fused-ring (bicyclic) bond motifs is 1. The van der Waals surface area contributed by atoms with Gasteiger partial charge in [-0.05, 0) is 48.9 Å². The Morgan fingerprint density at radius 2 is 2.00 bits per heavy atom. The molecule has 0 fully saturated rings. The highest BCUT2D eigenvalue weighted by atomic mass is 16.5. The van der Waals surface area contributed by atoms with Gasteiger partial charge in [0.2, 0.25) is 0 Å². The van der Waals surface area contributed by atoms with Crippen LogP contribution in [0.2, 0.25) is 0 Å². The van der Waals surface area contributed by atoms with E-state index in [2.05, 4.69) is 5.32 Å². The van der Waals surface area contributed by atoms with Gasteiger partial charge in [-0.2, -0.15) is 0 Å². The molecule has 0 atom stereocenters. The van der Waals surface area contributed by atoms with Crippen LogP contribution in [0, 0.1) is 0 Å². The molecule has 2 aromatic carbocycles. The molecule has 1 amide bonds. The first-order valence-corrected chi connectivity index (χ1v) is 7.74. The van der Waals surface area contributed by atoms with E-state index in [1.807, 2.05) is 13.0 Å². The topological polar surface area (TPSA) is 68.5 Å². The molecule has 24 heavy (non-hydrogen) atoms. The molecule has 0 saturated carbocycles. The van der Waals surface area contributed by atoms with Crippen molar-refractivity contribution in [1.82, 2.24) is 0 Å². The zero-order chi connectivity index (χ0) is 16.9. The number of benzene rings is 2. The fraction of sp³-hybridized carbons (Fsp3) is 0.158. The van der Waals surface area contributed by atoms with Gasteiger partial charge in [0.15, 0.2) is 0 Å². The van der Waals surface area contributed by atoms with E-state index in [0.717, 1.165) is 11.8 Å². The molecular formula is C19H17NO4. The Labute approximate surface area is 138 Å². The Bertz CT molecular complexity index is 930. The fourth-order valence-corrected chi connectivity index (χ4v) is 2.30. The maximum absolute atomic E-state index is 12.4. The zero-order valence-electron chi connectivity index (χ0n) is 13.2. The summed E-state index contributed by atoms with van der Waals surface area (Å²) in [5.74, 6) is 0.443. The van der Waals surface area contributed by atoms with E-state index in [-0.39, 0.29) is 5.91 Å². The maximum Gasteiger partial charge on any atom is 0.336 e. The predicted molar refractivity (Wildman–Crippen MR) is 92.7 cm³/mol. The SMILES string of the molecule is CCCOc1cccc(C(=O)Nc2ccc3oc(=O)ccc3c2)c1. The summed E-state index contributed by atoms with van der Waals surface area (Å²) >= 11 is 0. The van der Waals surface area contributed by atoms with Gasteiger partial charge < -0.3 is 14.5 Å². The molecular weight excluding hydrogens is 306 g/mol. The summed E-state index contributed by atoms with van der Waals surface area (Å²) in [4.78, 5) is 23.6. The van der Waals surface area contributed by atoms with Crippen LogP contribution < -0.4 is 15.7 Å². The van der Waals surface area contributed by atoms with Crippen LogP contribution >= 0.6 is 0 Å². The second-order valence-corrected chi connectivity index (χ2v) is 5.34. The Hall–Kier alpha value is -3.08. The number of hydrogen-bond donors (Lipinski definition) is 1. The van der Waals surface area contributed by atoms with Crippen molar-refractivity contribution in [3.05, 3.63) is 70.6 Å². The molecule has 0 aliphatic carbocycles. The smallest absolute Gasteiger partial charge is 0.336 e. The summed E-state index contributed by atoms with van der Waals surface area (Å²) in [6.45, 7) is 2.64. The van der Waals surface area contributed by atoms with Crippen molar-refractivity contribution < 1.29 is 13.9 Å². The van der Waals surface area contributed by atoms with Gasteiger partial charge >= 0.3 is 5.63 Å². The molecule has 0 aliphatic heterocycles. The number of rotatable bonds is 5. The molecule has 0 bridgehead atoms. The lowest BCUT2D eigenvalue weighted by Crippen LogP contribution is -2.12. The number of carbonyl (C=O) groups is 1. The Kier molecular flexibility index (Phi) is 4.61. The number of hydrogen-bond acceptors (Lipinski definition) is 4. The van der Waals surface area contributed by atoms with Crippen LogP contribution in [0.15, 0.2) is 63.8 Å². The number of anilines is 1. The third-order valence-electron chi connectivity index (χ3n) is 3.45. The Balaban J connectivity index is 1.79. The lowest BCUT2D eigenvalue weighted by molar-refractivity contribution is 0.102. The van der Waals surface area contributed by atoms with Crippen molar-refractivity contribution >= 4 is 22.6 Å². The van der Waals surface area contributed by atoms with E-state index in [0.29, 0.717) is 29.2 Å². The van der Waals surface area contributed by atoms with Gasteiger partial charge in [-0.15, -0.1) is 0 Å². The molecule has 1 heterocycles. The number of ether oxygens (including phenoxy) is 1. The van der Waals surface area contributed by atoms with Gasteiger partial charge in [0, 0.05) is 22.7 Å². The fourth-order valence-electron chi connectivity index (χ4n) is 2.30. The number of amides is 1. The highest BCUT2D eigenvalue weighted by Gasteiger charge is 2.08. The zero-order valence-corrected chi connectivity index (χ0v) is 13.2. The highest BCUT2D eigenvalue weighted by molar-refractivity contribution is 6.05. The standard InChI is InChI=1S/C19H17NO4/c1-2-10-23-16-5-3-4-14(12-16)19(22)20-15-7-8-17-13(11-15)6-9-18(21)24-17/h3-9,11-12H,2,10H2,1H3,(H,20,22). The third-order valence-corrected chi connectivity index (χ3v) is 3.45. The first kappa shape index (κ1) is 15.8. The van der Waals surface area contributed by atoms with E-state index in [9.17, 15) is 9.59 Å². The lowest BCUT2D eigenvalue weighted by atomic mass is 10.1. The molecule has 0 spiro atoms. The maximum atomic E-state index is 12.4. The predicted octanol–water partition coefficient (Wildman–Crippen LogP) is 3.83. The highest BCUT2D eigenvalue weighted by Crippen LogP contribution is 2.19. The van der Waals surface area contributed by atoms with Crippen molar-refractivity contribution in [3.63, 3.8) is 0 Å². The quantitative estimate of drug-likeness (QED) is 0.724. The molecule has 0 unspecified atom stereocenters. The summed E-state index contributed by atoms with van der Waals surface area (Å²) in [5.41, 5.74) is 1.23. The first-order chi connectivity index (χ1) is 11.7. The monoisotopic (exact) mass is 323 g/mol. The number of nitrogens with one attached hydrogen (secondary N) is 1. The van der Waals surface area contributed by atoms with Crippen LogP contribution in [0.25, 0.3) is 11.0 Å². The summed E-state index contributed by atoms with van der Waals surface area (Å²) in [6.07, 6.45) is 0.906. The van der Waals surface area contributed by atoms with Gasteiger partial charge in [0.05, 0.1) is 6.61 Å². The van der Waals surface area contributed by atoms with E-state index >= 15 is 0 Å². The minimum Gasteiger partial charge on any atom is -0.494 e. The van der Waals surface area contributed by atoms with Crippen LogP contribution in [0.4, 0.5) is 5.69 Å². The van der Waals surface area contributed by atoms with Gasteiger partial charge in [0.25, 0.3) is 5.91 Å². The van der Waals surface area contributed by atoms with E-state index in [4.69, 9.17) is 9.15 Å². The van der Waals surface area contributed by atoms with Crippen LogP contribution in [0.5, 0.6) is 5.75 Å². The third kappa shape index (κ3) is 3.63. The second-order valence-electron chi connectivity index (χ2n) is 5.34. The average molecular weight is 323 g/mol. The average Bonchev–Trinajstić information content (AvgIpc) is 2.60. The molecule has 3 aromatic rings. The molecule has 122 valence electrons. The summed E-state index contributed by atoms with van der Waals surface area (Å²) in [6, 6.07) is 15.2. The molecule has 1 aromatic heterocycles. The van der Waals surface area contributed by atoms with E-state index in [1.165, 1.54) is 6.07 Å². The minimum absolute atomic E-state index is 0.228. The number of carbonyl (C=O) groups excluding carboxylic acids is 1. The molecule has 5 nitrogen and oxygen atoms in total. The van der Waals surface area contributed by atoms with Crippen LogP contribution in [0.1, 0.15) is 23.7 Å². The first-order valence-electron chi connectivity index (χ1n) is 7.74. The van der Waals surface area contributed by atoms with Crippen LogP contribution in [-0.2, 0) is 0 Å². The van der Waals surface area contributed by atoms with Crippen molar-refractivity contribution in [1.29, 1.82) is 0 Å². The van der Waals surface area contributed by atoms with Gasteiger partial charge in [0.1, 0.15) is 11.3 Å². The minimum atomic E-state index is -0.400. The van der Waals surface area contributed by atoms with Crippen molar-refractivity contribution in [2.75, 3.05) is 11.9 Å². The van der Waals surface area contributed by atoms with E-state index in [1.54, 1.807) is 42.5 Å². The normalized spacial score (nSPS) is 10.5. The van der Waals surface area contributed by atoms with Crippen molar-refractivity contribution in [2.45, 2.75) is 13.3 Å². The second kappa shape index (κ2) is 7.00. The molecule has 3 rings (SSSR count). The molecule has 0 aliphatic rings. The largest absolute Gasteiger partial charge is 0.494 e. The summed E-state index contributed by atoms with van der Waals surface area (Å²) < 4.78 is 10.6. The molecule has 0 radical (unpaired) electrons. The summed E-state index contributed by atoms with van der Waals surface area (Å²) in [7, 11) is 0. The Morgan fingerprint density at radius 1 is 1.12 bits per heavy atom. The van der Waals surface area contributed by atoms with Gasteiger partial charge in [-0.1, -0.05) is 13.0 Å². The van der Waals surface area contributed by atoms with Crippen LogP contribution in [-0.4, -0.2) is 12.5 Å². The molecule has 1 N–H and O–H groups in total. The lowest BCUT2D eigenvalue weighted by Gasteiger charge is -2.08. The molecule has 0 saturated heterocycles. The Morgan fingerprint density at radius 3 is 2.83 bits per heavy atom. The van der Waals surface area contributed by atoms with Gasteiger partial charge in [-0.3, -0.25) is 4.79 Å².